The number of nitrogens with zero attached hydrogens (tertiary/aromatic N) is 2. The zero-order valence-corrected chi connectivity index (χ0v) is 31.7. The summed E-state index contributed by atoms with van der Waals surface area (Å²) in [5, 5.41) is 0. The standard InChI is InChI=1S/2C17H16F2NO.2C5H5.Ti/c2*1-12(2)11-20(16-9-8-14(18)10-15(16)19)17(21)13-6-4-3-5-7-13;2*1-2-4-5-3-1;/h2*3-9,12H,11H2,1-2H3;2*1-5H;. The van der Waals surface area contributed by atoms with Gasteiger partial charge in [-0.2, -0.15) is 0 Å². The first-order chi connectivity index (χ1) is 25.5. The first-order valence-corrected chi connectivity index (χ1v) is 21.2. The van der Waals surface area contributed by atoms with E-state index in [1.165, 1.54) is 21.9 Å². The van der Waals surface area contributed by atoms with Crippen molar-refractivity contribution in [3.8, 4) is 0 Å². The maximum absolute atomic E-state index is 17.8. The Morgan fingerprint density at radius 3 is 1.21 bits per heavy atom. The van der Waals surface area contributed by atoms with Crippen molar-refractivity contribution in [2.24, 2.45) is 11.8 Å². The molecule has 2 aliphatic carbocycles. The van der Waals surface area contributed by atoms with Crippen LogP contribution in [0.1, 0.15) is 48.4 Å². The maximum atomic E-state index is 17.8. The van der Waals surface area contributed by atoms with Gasteiger partial charge in [-0.15, -0.1) is 0 Å². The van der Waals surface area contributed by atoms with Crippen LogP contribution in [0.4, 0.5) is 28.9 Å². The zero-order chi connectivity index (χ0) is 37.9. The second kappa shape index (κ2) is 16.1. The third-order valence-electron chi connectivity index (χ3n) is 9.73. The monoisotopic (exact) mass is 754 g/mol. The van der Waals surface area contributed by atoms with Gasteiger partial charge in [0.15, 0.2) is 0 Å². The van der Waals surface area contributed by atoms with Crippen LogP contribution in [0.3, 0.4) is 0 Å². The number of rotatable bonds is 12. The fourth-order valence-corrected chi connectivity index (χ4v) is 16.3. The number of halogens is 4. The fraction of sp³-hybridized carbons (Fsp3) is 0.227. The molecule has 0 heterocycles. The van der Waals surface area contributed by atoms with E-state index in [1.807, 2.05) is 27.7 Å². The Balaban J connectivity index is 1.67. The van der Waals surface area contributed by atoms with E-state index in [9.17, 15) is 9.59 Å². The summed E-state index contributed by atoms with van der Waals surface area (Å²) in [7, 11) is 0. The molecule has 6 rings (SSSR count). The van der Waals surface area contributed by atoms with E-state index in [2.05, 4.69) is 0 Å². The molecule has 0 atom stereocenters. The van der Waals surface area contributed by atoms with Crippen LogP contribution in [-0.4, -0.2) is 24.9 Å². The molecule has 2 amide bonds. The summed E-state index contributed by atoms with van der Waals surface area (Å²) in [5.41, 5.74) is 0.280. The number of amides is 2. The molecule has 0 saturated heterocycles. The first kappa shape index (κ1) is 38.0. The molecule has 2 aliphatic rings. The zero-order valence-electron chi connectivity index (χ0n) is 30.1. The van der Waals surface area contributed by atoms with Crippen LogP contribution in [0.2, 0.25) is 8.45 Å². The summed E-state index contributed by atoms with van der Waals surface area (Å²) in [6.07, 6.45) is 13.9. The average molecular weight is 755 g/mol. The van der Waals surface area contributed by atoms with Crippen molar-refractivity contribution < 1.29 is 43.7 Å². The number of carbonyl (C=O) groups excluding carboxylic acids is 2. The van der Waals surface area contributed by atoms with Crippen LogP contribution < -0.4 is 17.5 Å². The number of allylic oxidation sites excluding steroid dienone is 8. The van der Waals surface area contributed by atoms with Crippen LogP contribution in [0.25, 0.3) is 0 Å². The molecule has 4 nitrogen and oxygen atoms in total. The predicted molar refractivity (Wildman–Crippen MR) is 202 cm³/mol. The van der Waals surface area contributed by atoms with Crippen molar-refractivity contribution in [3.05, 3.63) is 168 Å². The topological polar surface area (TPSA) is 40.6 Å². The first-order valence-electron chi connectivity index (χ1n) is 17.9. The second-order valence-corrected chi connectivity index (χ2v) is 20.7. The van der Waals surface area contributed by atoms with Crippen LogP contribution in [0.15, 0.2) is 134 Å². The van der Waals surface area contributed by atoms with Crippen molar-refractivity contribution in [1.29, 1.82) is 0 Å². The molecule has 0 aromatic heterocycles. The van der Waals surface area contributed by atoms with E-state index in [-0.39, 0.29) is 36.3 Å². The molecule has 272 valence electrons. The van der Waals surface area contributed by atoms with Gasteiger partial charge in [0.2, 0.25) is 0 Å². The van der Waals surface area contributed by atoms with E-state index >= 15 is 17.6 Å². The van der Waals surface area contributed by atoms with Gasteiger partial charge < -0.3 is 0 Å². The van der Waals surface area contributed by atoms with E-state index in [0.29, 0.717) is 11.1 Å². The van der Waals surface area contributed by atoms with E-state index < -0.39 is 67.9 Å². The molecule has 0 bridgehead atoms. The van der Waals surface area contributed by atoms with Crippen molar-refractivity contribution in [2.45, 2.75) is 36.1 Å². The normalized spacial score (nSPS) is 14.2. The molecule has 0 unspecified atom stereocenters. The van der Waals surface area contributed by atoms with Gasteiger partial charge >= 0.3 is 313 Å². The van der Waals surface area contributed by atoms with E-state index in [1.54, 1.807) is 109 Å². The van der Waals surface area contributed by atoms with Crippen molar-refractivity contribution in [2.75, 3.05) is 22.9 Å². The summed E-state index contributed by atoms with van der Waals surface area (Å²) in [6.45, 7) is 7.74. The quantitative estimate of drug-likeness (QED) is 0.107. The van der Waals surface area contributed by atoms with Crippen LogP contribution >= 0.6 is 0 Å². The Hall–Kier alpha value is -4.79. The van der Waals surface area contributed by atoms with Gasteiger partial charge in [-0.25, -0.2) is 0 Å². The number of hydrogen-bond acceptors (Lipinski definition) is 2. The molecule has 0 N–H and O–H groups in total. The van der Waals surface area contributed by atoms with Crippen molar-refractivity contribution in [1.82, 2.24) is 0 Å². The average Bonchev–Trinajstić information content (AvgIpc) is 3.89. The predicted octanol–water partition coefficient (Wildman–Crippen LogP) is 9.78. The van der Waals surface area contributed by atoms with Gasteiger partial charge in [-0.3, -0.25) is 0 Å². The van der Waals surface area contributed by atoms with Gasteiger partial charge in [-0.1, -0.05) is 0 Å². The Kier molecular flexibility index (Phi) is 11.5. The molecule has 0 fully saturated rings. The number of hydrogen-bond donors (Lipinski definition) is 0. The van der Waals surface area contributed by atoms with Gasteiger partial charge in [0.1, 0.15) is 0 Å². The SMILES string of the molecule is CC(C)CN(C(=O)c1ccccc1)c1ccc(F)[c]([Ti]([c]2c(F)ccc(N(CC(C)C)C(=O)c3ccccc3)c2F)([CH]2C=CC=C2)[CH]2C=CC=C2)c1F. The van der Waals surface area contributed by atoms with Crippen LogP contribution in [0, 0.1) is 35.1 Å². The number of carbonyl (C=O) groups is 2. The Morgan fingerprint density at radius 1 is 0.547 bits per heavy atom. The third kappa shape index (κ3) is 7.27. The molecular formula is C44H42F4N2O2Ti. The molecule has 4 aromatic carbocycles. The molecule has 0 saturated carbocycles. The number of anilines is 2. The minimum absolute atomic E-state index is 0.103. The van der Waals surface area contributed by atoms with Crippen molar-refractivity contribution >= 4 is 30.9 Å². The van der Waals surface area contributed by atoms with Gasteiger partial charge in [0.25, 0.3) is 0 Å². The minimum atomic E-state index is -5.27. The Bertz CT molecular complexity index is 1940. The summed E-state index contributed by atoms with van der Waals surface area (Å²) in [6, 6.07) is 21.5. The Morgan fingerprint density at radius 2 is 0.887 bits per heavy atom. The summed E-state index contributed by atoms with van der Waals surface area (Å²) in [5.74, 6) is -5.14. The fourth-order valence-electron chi connectivity index (χ4n) is 7.53. The molecule has 9 heteroatoms. The summed E-state index contributed by atoms with van der Waals surface area (Å²) in [4.78, 5) is 30.7. The van der Waals surface area contributed by atoms with Gasteiger partial charge in [-0.05, 0) is 0 Å². The van der Waals surface area contributed by atoms with Gasteiger partial charge in [0.05, 0.1) is 0 Å². The van der Waals surface area contributed by atoms with E-state index in [0.717, 1.165) is 12.1 Å². The molecule has 53 heavy (non-hydrogen) atoms. The van der Waals surface area contributed by atoms with Crippen LogP contribution in [0.5, 0.6) is 0 Å². The second-order valence-electron chi connectivity index (χ2n) is 14.3. The Labute approximate surface area is 312 Å². The molecule has 4 aromatic rings. The van der Waals surface area contributed by atoms with E-state index in [4.69, 9.17) is 0 Å². The number of benzene rings is 4. The van der Waals surface area contributed by atoms with Crippen molar-refractivity contribution in [3.63, 3.8) is 0 Å². The molecule has 0 radical (unpaired) electrons. The summed E-state index contributed by atoms with van der Waals surface area (Å²) >= 11 is -5.27. The molecule has 0 aliphatic heterocycles. The molecule has 0 spiro atoms. The molecular weight excluding hydrogens is 712 g/mol. The van der Waals surface area contributed by atoms with Gasteiger partial charge in [0, 0.05) is 0 Å². The van der Waals surface area contributed by atoms with Crippen LogP contribution in [-0.2, 0) is 16.6 Å². The summed E-state index contributed by atoms with van der Waals surface area (Å²) < 4.78 is 67.2. The third-order valence-corrected chi connectivity index (χ3v) is 18.2.